The van der Waals surface area contributed by atoms with E-state index in [-0.39, 0.29) is 6.04 Å². The SMILES string of the molecule is [N-]=C=C1C=C(C2=CC=CC(c3c4ccccc4c(-c4cccc5ccccc45)c4ccccc34)N2)C=NC1. The van der Waals surface area contributed by atoms with Gasteiger partial charge in [-0.25, -0.2) is 0 Å². The first-order valence-corrected chi connectivity index (χ1v) is 12.9. The standard InChI is InChI=1S/C35H24N3/c36-20-23-19-25(22-37-21-23)32-17-8-18-33(38-32)35-30-14-5-3-12-28(30)34(29-13-4-6-15-31(29)35)27-16-7-10-24-9-1-2-11-26(24)27/h1-19,22,33,38H,21H2/q-1. The van der Waals surface area contributed by atoms with E-state index in [1.165, 1.54) is 49.0 Å². The Bertz CT molecular complexity index is 1870. The Labute approximate surface area is 221 Å². The zero-order valence-electron chi connectivity index (χ0n) is 20.7. The van der Waals surface area contributed by atoms with Gasteiger partial charge in [0.2, 0.25) is 0 Å². The summed E-state index contributed by atoms with van der Waals surface area (Å²) in [6.45, 7) is 0.442. The normalized spacial score (nSPS) is 16.8. The first kappa shape index (κ1) is 22.2. The molecular formula is C35H24N3-. The van der Waals surface area contributed by atoms with Gasteiger partial charge in [-0.3, -0.25) is 10.9 Å². The van der Waals surface area contributed by atoms with Crippen LogP contribution in [0.3, 0.4) is 0 Å². The van der Waals surface area contributed by atoms with Crippen LogP contribution in [-0.4, -0.2) is 18.6 Å². The molecule has 1 atom stereocenters. The molecule has 38 heavy (non-hydrogen) atoms. The Morgan fingerprint density at radius 3 is 2.16 bits per heavy atom. The van der Waals surface area contributed by atoms with Crippen LogP contribution >= 0.6 is 0 Å². The Morgan fingerprint density at radius 2 is 1.42 bits per heavy atom. The van der Waals surface area contributed by atoms with Gasteiger partial charge in [0.15, 0.2) is 0 Å². The summed E-state index contributed by atoms with van der Waals surface area (Å²) in [5, 5.41) is 20.6. The minimum atomic E-state index is -0.0341. The molecule has 7 rings (SSSR count). The van der Waals surface area contributed by atoms with Gasteiger partial charge >= 0.3 is 0 Å². The Kier molecular flexibility index (Phi) is 5.36. The van der Waals surface area contributed by atoms with Gasteiger partial charge in [-0.2, -0.15) is 0 Å². The Hall–Kier alpha value is -4.98. The lowest BCUT2D eigenvalue weighted by atomic mass is 9.84. The number of hydrogen-bond acceptors (Lipinski definition) is 2. The molecule has 0 spiro atoms. The van der Waals surface area contributed by atoms with Crippen molar-refractivity contribution in [2.24, 2.45) is 4.99 Å². The predicted octanol–water partition coefficient (Wildman–Crippen LogP) is 8.07. The smallest absolute Gasteiger partial charge is 0.0713 e. The molecule has 2 aliphatic rings. The number of benzene rings is 5. The highest BCUT2D eigenvalue weighted by molar-refractivity contribution is 6.18. The second-order valence-electron chi connectivity index (χ2n) is 9.70. The van der Waals surface area contributed by atoms with Crippen molar-refractivity contribution in [1.29, 1.82) is 0 Å². The van der Waals surface area contributed by atoms with Crippen LogP contribution in [-0.2, 0) is 0 Å². The van der Waals surface area contributed by atoms with E-state index in [0.29, 0.717) is 12.1 Å². The molecular weight excluding hydrogens is 462 g/mol. The van der Waals surface area contributed by atoms with Crippen molar-refractivity contribution in [3.63, 3.8) is 0 Å². The maximum absolute atomic E-state index is 9.40. The van der Waals surface area contributed by atoms with Crippen LogP contribution in [0.2, 0.25) is 0 Å². The lowest BCUT2D eigenvalue weighted by Crippen LogP contribution is -2.24. The monoisotopic (exact) mass is 486 g/mol. The molecule has 3 heteroatoms. The van der Waals surface area contributed by atoms with Crippen molar-refractivity contribution in [1.82, 2.24) is 5.32 Å². The Balaban J connectivity index is 1.47. The quantitative estimate of drug-likeness (QED) is 0.203. The minimum Gasteiger partial charge on any atom is -0.763 e. The van der Waals surface area contributed by atoms with Gasteiger partial charge < -0.3 is 10.7 Å². The molecule has 180 valence electrons. The summed E-state index contributed by atoms with van der Waals surface area (Å²) in [4.78, 5) is 4.40. The highest BCUT2D eigenvalue weighted by Crippen LogP contribution is 2.44. The molecule has 0 aliphatic carbocycles. The maximum Gasteiger partial charge on any atom is 0.0713 e. The van der Waals surface area contributed by atoms with E-state index < -0.39 is 0 Å². The second-order valence-corrected chi connectivity index (χ2v) is 9.70. The molecule has 3 nitrogen and oxygen atoms in total. The fraction of sp³-hybridized carbons (Fsp3) is 0.0571. The molecule has 5 aromatic carbocycles. The molecule has 0 bridgehead atoms. The topological polar surface area (TPSA) is 46.7 Å². The third-order valence-corrected chi connectivity index (χ3v) is 7.50. The van der Waals surface area contributed by atoms with Crippen LogP contribution in [0.5, 0.6) is 0 Å². The number of allylic oxidation sites excluding steroid dienone is 3. The van der Waals surface area contributed by atoms with E-state index >= 15 is 0 Å². The maximum atomic E-state index is 9.40. The van der Waals surface area contributed by atoms with Crippen LogP contribution in [0.1, 0.15) is 11.6 Å². The van der Waals surface area contributed by atoms with Gasteiger partial charge in [0.05, 0.1) is 12.6 Å². The van der Waals surface area contributed by atoms with Crippen LogP contribution in [0.4, 0.5) is 0 Å². The molecule has 0 radical (unpaired) electrons. The summed E-state index contributed by atoms with van der Waals surface area (Å²) in [5.41, 5.74) is 6.34. The molecule has 0 aromatic heterocycles. The van der Waals surface area contributed by atoms with Crippen molar-refractivity contribution in [2.75, 3.05) is 6.54 Å². The molecule has 5 aromatic rings. The van der Waals surface area contributed by atoms with E-state index in [1.54, 1.807) is 0 Å². The molecule has 1 unspecified atom stereocenters. The van der Waals surface area contributed by atoms with Gasteiger partial charge in [0.25, 0.3) is 0 Å². The highest BCUT2D eigenvalue weighted by atomic mass is 14.9. The van der Waals surface area contributed by atoms with E-state index in [4.69, 9.17) is 0 Å². The molecule has 1 N–H and O–H groups in total. The van der Waals surface area contributed by atoms with Crippen LogP contribution < -0.4 is 5.32 Å². The summed E-state index contributed by atoms with van der Waals surface area (Å²) >= 11 is 0. The molecule has 0 saturated carbocycles. The highest BCUT2D eigenvalue weighted by Gasteiger charge is 2.23. The molecule has 0 saturated heterocycles. The van der Waals surface area contributed by atoms with Gasteiger partial charge in [0, 0.05) is 17.5 Å². The first-order valence-electron chi connectivity index (χ1n) is 12.9. The third kappa shape index (κ3) is 3.61. The number of rotatable bonds is 3. The summed E-state index contributed by atoms with van der Waals surface area (Å²) in [5.74, 6) is 2.25. The number of aliphatic imine (C=N–C) groups is 1. The average molecular weight is 487 g/mol. The molecule has 2 heterocycles. The van der Waals surface area contributed by atoms with E-state index in [9.17, 15) is 5.41 Å². The Morgan fingerprint density at radius 1 is 0.763 bits per heavy atom. The second kappa shape index (κ2) is 9.15. The van der Waals surface area contributed by atoms with Crippen LogP contribution in [0.15, 0.2) is 137 Å². The van der Waals surface area contributed by atoms with Gasteiger partial charge in [-0.15, -0.1) is 0 Å². The number of nitrogens with one attached hydrogen (secondary N) is 1. The number of hydrogen-bond donors (Lipinski definition) is 1. The summed E-state index contributed by atoms with van der Waals surface area (Å²) in [6, 6.07) is 32.7. The zero-order valence-corrected chi connectivity index (χ0v) is 20.7. The zero-order chi connectivity index (χ0) is 25.5. The van der Waals surface area contributed by atoms with Gasteiger partial charge in [-0.05, 0) is 66.7 Å². The number of dihydropyridines is 2. The van der Waals surface area contributed by atoms with Gasteiger partial charge in [0.1, 0.15) is 0 Å². The van der Waals surface area contributed by atoms with E-state index in [0.717, 1.165) is 11.3 Å². The van der Waals surface area contributed by atoms with Crippen LogP contribution in [0, 0.1) is 0 Å². The van der Waals surface area contributed by atoms with E-state index in [2.05, 4.69) is 125 Å². The fourth-order valence-corrected chi connectivity index (χ4v) is 5.83. The number of nitrogens with zero attached hydrogens (tertiary/aromatic N) is 2. The van der Waals surface area contributed by atoms with E-state index in [1.807, 2.05) is 12.3 Å². The lowest BCUT2D eigenvalue weighted by molar-refractivity contribution is 0.725. The largest absolute Gasteiger partial charge is 0.763 e. The average Bonchev–Trinajstić information content (AvgIpc) is 2.99. The first-order chi connectivity index (χ1) is 18.8. The van der Waals surface area contributed by atoms with Crippen molar-refractivity contribution in [3.05, 3.63) is 143 Å². The van der Waals surface area contributed by atoms with Gasteiger partial charge in [-0.1, -0.05) is 103 Å². The van der Waals surface area contributed by atoms with Crippen molar-refractivity contribution in [2.45, 2.75) is 6.04 Å². The third-order valence-electron chi connectivity index (χ3n) is 7.50. The lowest BCUT2D eigenvalue weighted by Gasteiger charge is -2.27. The predicted molar refractivity (Wildman–Crippen MR) is 161 cm³/mol. The minimum absolute atomic E-state index is 0.0341. The fourth-order valence-electron chi connectivity index (χ4n) is 5.83. The summed E-state index contributed by atoms with van der Waals surface area (Å²) < 4.78 is 0. The molecule has 0 amide bonds. The summed E-state index contributed by atoms with van der Waals surface area (Å²) in [6.07, 6.45) is 10.2. The molecule has 0 fully saturated rings. The van der Waals surface area contributed by atoms with Crippen molar-refractivity contribution < 1.29 is 0 Å². The van der Waals surface area contributed by atoms with Crippen molar-refractivity contribution in [3.8, 4) is 11.1 Å². The van der Waals surface area contributed by atoms with Crippen LogP contribution in [0.25, 0.3) is 48.9 Å². The number of fused-ring (bicyclic) bond motifs is 3. The van der Waals surface area contributed by atoms with Crippen molar-refractivity contribution >= 4 is 44.4 Å². The molecule has 2 aliphatic heterocycles. The summed E-state index contributed by atoms with van der Waals surface area (Å²) in [7, 11) is 0.